The summed E-state index contributed by atoms with van der Waals surface area (Å²) in [6.07, 6.45) is 0. The highest BCUT2D eigenvalue weighted by molar-refractivity contribution is 7.98. The van der Waals surface area contributed by atoms with E-state index < -0.39 is 4.92 Å². The number of halogens is 1. The smallest absolute Gasteiger partial charge is 0.292 e. The molecule has 0 aliphatic heterocycles. The molecule has 6 heteroatoms. The van der Waals surface area contributed by atoms with Crippen LogP contribution < -0.4 is 5.32 Å². The van der Waals surface area contributed by atoms with Crippen molar-refractivity contribution >= 4 is 23.1 Å². The van der Waals surface area contributed by atoms with Gasteiger partial charge < -0.3 is 5.32 Å². The number of nitrogens with one attached hydrogen (secondary N) is 1. The average molecular weight is 292 g/mol. The molecule has 0 aliphatic rings. The van der Waals surface area contributed by atoms with Crippen molar-refractivity contribution in [2.45, 2.75) is 10.6 Å². The lowest BCUT2D eigenvalue weighted by Crippen LogP contribution is -2.00. The molecule has 0 bridgehead atoms. The Hall–Kier alpha value is -2.08. The number of thioether (sulfide) groups is 1. The molecule has 104 valence electrons. The molecule has 0 unspecified atom stereocenters. The van der Waals surface area contributed by atoms with Gasteiger partial charge in [-0.15, -0.1) is 11.8 Å². The molecule has 0 aliphatic carbocycles. The van der Waals surface area contributed by atoms with Crippen LogP contribution in [0.1, 0.15) is 5.56 Å². The molecule has 2 aromatic carbocycles. The van der Waals surface area contributed by atoms with Crippen molar-refractivity contribution in [2.75, 3.05) is 12.4 Å². The van der Waals surface area contributed by atoms with Crippen LogP contribution in [0.3, 0.4) is 0 Å². The van der Waals surface area contributed by atoms with E-state index in [9.17, 15) is 14.5 Å². The first-order chi connectivity index (χ1) is 9.61. The van der Waals surface area contributed by atoms with Crippen molar-refractivity contribution < 1.29 is 9.31 Å². The summed E-state index contributed by atoms with van der Waals surface area (Å²) in [6, 6.07) is 11.2. The topological polar surface area (TPSA) is 55.2 Å². The average Bonchev–Trinajstić information content (AvgIpc) is 2.44. The van der Waals surface area contributed by atoms with Crippen LogP contribution in [-0.2, 0) is 5.75 Å². The molecule has 2 rings (SSSR count). The number of nitrogens with zero attached hydrogens (tertiary/aromatic N) is 1. The van der Waals surface area contributed by atoms with Gasteiger partial charge in [-0.1, -0.05) is 18.2 Å². The number of hydrogen-bond donors (Lipinski definition) is 1. The van der Waals surface area contributed by atoms with Crippen LogP contribution in [0.4, 0.5) is 15.8 Å². The standard InChI is InChI=1S/C14H13FN2O2S/c1-16-14-10(4-2-7-13(14)17(18)19)9-20-12-6-3-5-11(15)8-12/h2-8,16H,9H2,1H3. The van der Waals surface area contributed by atoms with Crippen molar-refractivity contribution in [3.8, 4) is 0 Å². The molecule has 1 N–H and O–H groups in total. The van der Waals surface area contributed by atoms with Gasteiger partial charge in [0.15, 0.2) is 0 Å². The Kier molecular flexibility index (Phi) is 4.57. The molecular weight excluding hydrogens is 279 g/mol. The fraction of sp³-hybridized carbons (Fsp3) is 0.143. The van der Waals surface area contributed by atoms with E-state index in [1.165, 1.54) is 30.0 Å². The van der Waals surface area contributed by atoms with Gasteiger partial charge in [0.1, 0.15) is 11.5 Å². The van der Waals surface area contributed by atoms with Gasteiger partial charge in [0, 0.05) is 23.8 Å². The normalized spacial score (nSPS) is 10.3. The summed E-state index contributed by atoms with van der Waals surface area (Å²) in [4.78, 5) is 11.3. The summed E-state index contributed by atoms with van der Waals surface area (Å²) in [5, 5.41) is 13.8. The SMILES string of the molecule is CNc1c(CSc2cccc(F)c2)cccc1[N+](=O)[O-]. The Morgan fingerprint density at radius 1 is 1.30 bits per heavy atom. The second-order valence-corrected chi connectivity index (χ2v) is 5.11. The minimum Gasteiger partial charge on any atom is -0.382 e. The molecule has 0 heterocycles. The predicted octanol–water partition coefficient (Wildman–Crippen LogP) is 4.07. The quantitative estimate of drug-likeness (QED) is 0.513. The second-order valence-electron chi connectivity index (χ2n) is 4.06. The van der Waals surface area contributed by atoms with E-state index >= 15 is 0 Å². The highest BCUT2D eigenvalue weighted by atomic mass is 32.2. The van der Waals surface area contributed by atoms with Crippen molar-refractivity contribution in [3.63, 3.8) is 0 Å². The van der Waals surface area contributed by atoms with E-state index in [0.717, 1.165) is 10.5 Å². The number of nitro benzene ring substituents is 1. The van der Waals surface area contributed by atoms with Crippen LogP contribution >= 0.6 is 11.8 Å². The summed E-state index contributed by atoms with van der Waals surface area (Å²) in [5.41, 5.74) is 1.36. The maximum absolute atomic E-state index is 13.1. The molecule has 0 atom stereocenters. The van der Waals surface area contributed by atoms with Crippen molar-refractivity contribution in [2.24, 2.45) is 0 Å². The van der Waals surface area contributed by atoms with Gasteiger partial charge in [0.05, 0.1) is 4.92 Å². The lowest BCUT2D eigenvalue weighted by atomic mass is 10.1. The zero-order valence-corrected chi connectivity index (χ0v) is 11.6. The van der Waals surface area contributed by atoms with Gasteiger partial charge in [-0.25, -0.2) is 4.39 Å². The van der Waals surface area contributed by atoms with Crippen LogP contribution in [0.5, 0.6) is 0 Å². The number of rotatable bonds is 5. The monoisotopic (exact) mass is 292 g/mol. The third-order valence-electron chi connectivity index (χ3n) is 2.77. The Morgan fingerprint density at radius 2 is 2.05 bits per heavy atom. The zero-order chi connectivity index (χ0) is 14.5. The fourth-order valence-corrected chi connectivity index (χ4v) is 2.80. The maximum atomic E-state index is 13.1. The van der Waals surface area contributed by atoms with E-state index in [-0.39, 0.29) is 11.5 Å². The highest BCUT2D eigenvalue weighted by Gasteiger charge is 2.15. The van der Waals surface area contributed by atoms with Crippen LogP contribution in [-0.4, -0.2) is 12.0 Å². The molecule has 2 aromatic rings. The molecule has 20 heavy (non-hydrogen) atoms. The van der Waals surface area contributed by atoms with Gasteiger partial charge in [-0.05, 0) is 23.8 Å². The molecule has 0 amide bonds. The van der Waals surface area contributed by atoms with Crippen molar-refractivity contribution in [1.82, 2.24) is 0 Å². The molecule has 0 aromatic heterocycles. The summed E-state index contributed by atoms with van der Waals surface area (Å²) in [6.45, 7) is 0. The lowest BCUT2D eigenvalue weighted by Gasteiger charge is -2.09. The summed E-state index contributed by atoms with van der Waals surface area (Å²) < 4.78 is 13.1. The predicted molar refractivity (Wildman–Crippen MR) is 78.6 cm³/mol. The lowest BCUT2D eigenvalue weighted by molar-refractivity contribution is -0.384. The molecule has 0 radical (unpaired) electrons. The van der Waals surface area contributed by atoms with E-state index in [4.69, 9.17) is 0 Å². The van der Waals surface area contributed by atoms with Crippen LogP contribution in [0, 0.1) is 15.9 Å². The van der Waals surface area contributed by atoms with Gasteiger partial charge in [-0.2, -0.15) is 0 Å². The van der Waals surface area contributed by atoms with Crippen LogP contribution in [0.15, 0.2) is 47.4 Å². The van der Waals surface area contributed by atoms with Gasteiger partial charge in [0.25, 0.3) is 5.69 Å². The van der Waals surface area contributed by atoms with E-state index in [1.807, 2.05) is 12.1 Å². The van der Waals surface area contributed by atoms with E-state index in [2.05, 4.69) is 5.32 Å². The summed E-state index contributed by atoms with van der Waals surface area (Å²) in [5.74, 6) is 0.240. The number of anilines is 1. The number of para-hydroxylation sites is 1. The molecule has 0 saturated heterocycles. The molecular formula is C14H13FN2O2S. The van der Waals surface area contributed by atoms with Crippen LogP contribution in [0.2, 0.25) is 0 Å². The summed E-state index contributed by atoms with van der Waals surface area (Å²) in [7, 11) is 1.65. The molecule has 0 fully saturated rings. The number of hydrogen-bond acceptors (Lipinski definition) is 4. The maximum Gasteiger partial charge on any atom is 0.292 e. The van der Waals surface area contributed by atoms with Crippen LogP contribution in [0.25, 0.3) is 0 Å². The van der Waals surface area contributed by atoms with Crippen molar-refractivity contribution in [1.29, 1.82) is 0 Å². The Morgan fingerprint density at radius 3 is 2.70 bits per heavy atom. The number of nitro groups is 1. The third-order valence-corrected chi connectivity index (χ3v) is 3.81. The fourth-order valence-electron chi connectivity index (χ4n) is 1.87. The first kappa shape index (κ1) is 14.3. The Balaban J connectivity index is 2.21. The molecule has 4 nitrogen and oxygen atoms in total. The Labute approximate surface area is 120 Å². The largest absolute Gasteiger partial charge is 0.382 e. The third kappa shape index (κ3) is 3.27. The second kappa shape index (κ2) is 6.38. The molecule has 0 saturated carbocycles. The zero-order valence-electron chi connectivity index (χ0n) is 10.8. The first-order valence-corrected chi connectivity index (χ1v) is 6.93. The first-order valence-electron chi connectivity index (χ1n) is 5.94. The van der Waals surface area contributed by atoms with E-state index in [0.29, 0.717) is 11.4 Å². The van der Waals surface area contributed by atoms with Crippen molar-refractivity contribution in [3.05, 3.63) is 64.0 Å². The Bertz CT molecular complexity index is 634. The molecule has 0 spiro atoms. The van der Waals surface area contributed by atoms with E-state index in [1.54, 1.807) is 19.2 Å². The van der Waals surface area contributed by atoms with Gasteiger partial charge >= 0.3 is 0 Å². The number of benzene rings is 2. The van der Waals surface area contributed by atoms with Gasteiger partial charge in [0.2, 0.25) is 0 Å². The minimum absolute atomic E-state index is 0.0462. The summed E-state index contributed by atoms with van der Waals surface area (Å²) >= 11 is 1.44. The highest BCUT2D eigenvalue weighted by Crippen LogP contribution is 2.32. The minimum atomic E-state index is -0.414. The van der Waals surface area contributed by atoms with Gasteiger partial charge in [-0.3, -0.25) is 10.1 Å².